The maximum atomic E-state index is 12.5. The van der Waals surface area contributed by atoms with Crippen LogP contribution in [0.1, 0.15) is 46.0 Å². The van der Waals surface area contributed by atoms with E-state index in [-0.39, 0.29) is 18.8 Å². The second-order valence-corrected chi connectivity index (χ2v) is 7.22. The molecule has 0 fully saturated rings. The van der Waals surface area contributed by atoms with Crippen LogP contribution in [0.5, 0.6) is 0 Å². The Labute approximate surface area is 175 Å². The smallest absolute Gasteiger partial charge is 0.326 e. The molecule has 0 rings (SSSR count). The summed E-state index contributed by atoms with van der Waals surface area (Å²) in [7, 11) is 0. The highest BCUT2D eigenvalue weighted by atomic mass is 16.4. The van der Waals surface area contributed by atoms with E-state index in [2.05, 4.69) is 16.0 Å². The van der Waals surface area contributed by atoms with Gasteiger partial charge in [-0.05, 0) is 38.1 Å². The molecule has 172 valence electrons. The van der Waals surface area contributed by atoms with Crippen LogP contribution in [0.3, 0.4) is 0 Å². The molecule has 12 heteroatoms. The second-order valence-electron chi connectivity index (χ2n) is 7.22. The average molecular weight is 431 g/mol. The molecule has 3 atom stereocenters. The van der Waals surface area contributed by atoms with E-state index in [0.29, 0.717) is 19.4 Å². The predicted octanol–water partition coefficient (Wildman–Crippen LogP) is -1.87. The van der Waals surface area contributed by atoms with Crippen molar-refractivity contribution < 1.29 is 34.2 Å². The van der Waals surface area contributed by atoms with Crippen LogP contribution in [0, 0.1) is 5.92 Å². The summed E-state index contributed by atoms with van der Waals surface area (Å²) in [5.74, 6) is -4.62. The van der Waals surface area contributed by atoms with Gasteiger partial charge >= 0.3 is 11.9 Å². The lowest BCUT2D eigenvalue weighted by molar-refractivity contribution is -0.143. The Balaban J connectivity index is 4.95. The zero-order valence-electron chi connectivity index (χ0n) is 17.3. The standard InChI is InChI=1S/C18H33N5O7/c1-10(2)15(20)17(28)21-9-13(24)22-11(5-3-4-8-19)16(27)23-12(18(29)30)6-7-14(25)26/h10-12,15H,3-9,19-20H2,1-2H3,(H,21,28)(H,22,24)(H,23,27)(H,25,26)(H,29,30). The number of unbranched alkanes of at least 4 members (excludes halogenated alkanes) is 1. The van der Waals surface area contributed by atoms with Gasteiger partial charge in [-0.25, -0.2) is 4.79 Å². The Kier molecular flexibility index (Phi) is 13.0. The van der Waals surface area contributed by atoms with Gasteiger partial charge in [-0.2, -0.15) is 0 Å². The molecule has 0 bridgehead atoms. The van der Waals surface area contributed by atoms with Gasteiger partial charge < -0.3 is 37.6 Å². The van der Waals surface area contributed by atoms with Crippen LogP contribution in [0.15, 0.2) is 0 Å². The Hall–Kier alpha value is -2.73. The minimum Gasteiger partial charge on any atom is -0.481 e. The van der Waals surface area contributed by atoms with Crippen molar-refractivity contribution in [1.82, 2.24) is 16.0 Å². The van der Waals surface area contributed by atoms with Crippen LogP contribution in [0.25, 0.3) is 0 Å². The third-order valence-corrected chi connectivity index (χ3v) is 4.30. The van der Waals surface area contributed by atoms with Crippen molar-refractivity contribution in [2.24, 2.45) is 17.4 Å². The maximum Gasteiger partial charge on any atom is 0.326 e. The molecule has 0 saturated heterocycles. The fraction of sp³-hybridized carbons (Fsp3) is 0.722. The molecule has 0 aromatic rings. The Morgan fingerprint density at radius 2 is 1.53 bits per heavy atom. The van der Waals surface area contributed by atoms with Gasteiger partial charge in [0.05, 0.1) is 12.6 Å². The van der Waals surface area contributed by atoms with Crippen molar-refractivity contribution in [1.29, 1.82) is 0 Å². The number of amides is 3. The van der Waals surface area contributed by atoms with Gasteiger partial charge in [-0.3, -0.25) is 19.2 Å². The minimum atomic E-state index is -1.41. The average Bonchev–Trinajstić information content (AvgIpc) is 2.67. The first kappa shape index (κ1) is 27.3. The molecule has 12 nitrogen and oxygen atoms in total. The zero-order valence-corrected chi connectivity index (χ0v) is 17.3. The fourth-order valence-electron chi connectivity index (χ4n) is 2.39. The van der Waals surface area contributed by atoms with Gasteiger partial charge in [0.15, 0.2) is 0 Å². The highest BCUT2D eigenvalue weighted by Gasteiger charge is 2.27. The summed E-state index contributed by atoms with van der Waals surface area (Å²) in [6.07, 6.45) is 0.527. The van der Waals surface area contributed by atoms with Crippen molar-refractivity contribution in [3.63, 3.8) is 0 Å². The molecule has 9 N–H and O–H groups in total. The number of nitrogens with two attached hydrogens (primary N) is 2. The SMILES string of the molecule is CC(C)C(N)C(=O)NCC(=O)NC(CCCCN)C(=O)NC(CCC(=O)O)C(=O)O. The third-order valence-electron chi connectivity index (χ3n) is 4.30. The lowest BCUT2D eigenvalue weighted by Gasteiger charge is -2.22. The summed E-state index contributed by atoms with van der Waals surface area (Å²) >= 11 is 0. The maximum absolute atomic E-state index is 12.5. The summed E-state index contributed by atoms with van der Waals surface area (Å²) in [5.41, 5.74) is 11.1. The van der Waals surface area contributed by atoms with Gasteiger partial charge in [0.2, 0.25) is 17.7 Å². The number of carbonyl (C=O) groups excluding carboxylic acids is 3. The van der Waals surface area contributed by atoms with Crippen molar-refractivity contribution >= 4 is 29.7 Å². The van der Waals surface area contributed by atoms with E-state index >= 15 is 0 Å². The Morgan fingerprint density at radius 1 is 0.900 bits per heavy atom. The lowest BCUT2D eigenvalue weighted by atomic mass is 10.1. The Bertz CT molecular complexity index is 612. The summed E-state index contributed by atoms with van der Waals surface area (Å²) in [5, 5.41) is 25.0. The molecule has 0 aromatic carbocycles. The molecule has 0 aliphatic rings. The molecule has 3 unspecified atom stereocenters. The molecule has 0 aliphatic carbocycles. The summed E-state index contributed by atoms with van der Waals surface area (Å²) < 4.78 is 0. The van der Waals surface area contributed by atoms with E-state index in [0.717, 1.165) is 0 Å². The molecule has 0 saturated carbocycles. The molecule has 0 aliphatic heterocycles. The van der Waals surface area contributed by atoms with Crippen molar-refractivity contribution in [3.8, 4) is 0 Å². The van der Waals surface area contributed by atoms with E-state index in [1.165, 1.54) is 0 Å². The molecule has 0 radical (unpaired) electrons. The zero-order chi connectivity index (χ0) is 23.3. The van der Waals surface area contributed by atoms with Gasteiger partial charge in [0.1, 0.15) is 12.1 Å². The lowest BCUT2D eigenvalue weighted by Crippen LogP contribution is -2.54. The van der Waals surface area contributed by atoms with Gasteiger partial charge in [0, 0.05) is 6.42 Å². The van der Waals surface area contributed by atoms with Gasteiger partial charge in [0.25, 0.3) is 0 Å². The topological polar surface area (TPSA) is 214 Å². The van der Waals surface area contributed by atoms with E-state index < -0.39 is 60.8 Å². The highest BCUT2D eigenvalue weighted by Crippen LogP contribution is 2.04. The number of nitrogens with one attached hydrogen (secondary N) is 3. The summed E-state index contributed by atoms with van der Waals surface area (Å²) in [6.45, 7) is 3.49. The van der Waals surface area contributed by atoms with Crippen molar-refractivity contribution in [2.75, 3.05) is 13.1 Å². The first-order chi connectivity index (χ1) is 14.0. The van der Waals surface area contributed by atoms with E-state index in [4.69, 9.17) is 16.6 Å². The molecule has 30 heavy (non-hydrogen) atoms. The number of hydrogen-bond acceptors (Lipinski definition) is 7. The largest absolute Gasteiger partial charge is 0.481 e. The van der Waals surface area contributed by atoms with Crippen LogP contribution in [-0.2, 0) is 24.0 Å². The van der Waals surface area contributed by atoms with Crippen LogP contribution in [0.4, 0.5) is 0 Å². The summed E-state index contributed by atoms with van der Waals surface area (Å²) in [6, 6.07) is -3.26. The number of hydrogen-bond donors (Lipinski definition) is 7. The molecule has 3 amide bonds. The highest BCUT2D eigenvalue weighted by molar-refractivity contribution is 5.92. The monoisotopic (exact) mass is 431 g/mol. The van der Waals surface area contributed by atoms with Crippen LogP contribution >= 0.6 is 0 Å². The van der Waals surface area contributed by atoms with E-state index in [1.54, 1.807) is 13.8 Å². The van der Waals surface area contributed by atoms with Gasteiger partial charge in [-0.1, -0.05) is 13.8 Å². The first-order valence-electron chi connectivity index (χ1n) is 9.77. The van der Waals surface area contributed by atoms with E-state index in [9.17, 15) is 29.1 Å². The van der Waals surface area contributed by atoms with E-state index in [1.807, 2.05) is 0 Å². The van der Waals surface area contributed by atoms with Crippen molar-refractivity contribution in [3.05, 3.63) is 0 Å². The molecular weight excluding hydrogens is 398 g/mol. The number of carboxylic acids is 2. The predicted molar refractivity (Wildman–Crippen MR) is 107 cm³/mol. The normalized spacial score (nSPS) is 13.8. The number of carbonyl (C=O) groups is 5. The number of aliphatic carboxylic acids is 2. The van der Waals surface area contributed by atoms with Crippen LogP contribution < -0.4 is 27.4 Å². The quantitative estimate of drug-likeness (QED) is 0.144. The minimum absolute atomic E-state index is 0.124. The van der Waals surface area contributed by atoms with Crippen molar-refractivity contribution in [2.45, 2.75) is 64.1 Å². The Morgan fingerprint density at radius 3 is 2.03 bits per heavy atom. The van der Waals surface area contributed by atoms with Gasteiger partial charge in [-0.15, -0.1) is 0 Å². The number of carboxylic acid groups (broad SMARTS) is 2. The third kappa shape index (κ3) is 11.3. The molecule has 0 heterocycles. The molecule has 0 aromatic heterocycles. The number of rotatable bonds is 15. The van der Waals surface area contributed by atoms with Crippen LogP contribution in [-0.4, -0.2) is 71.1 Å². The van der Waals surface area contributed by atoms with Crippen LogP contribution in [0.2, 0.25) is 0 Å². The molecule has 0 spiro atoms. The second kappa shape index (κ2) is 14.3. The fourth-order valence-corrected chi connectivity index (χ4v) is 2.39. The molecular formula is C18H33N5O7. The summed E-state index contributed by atoms with van der Waals surface area (Å²) in [4.78, 5) is 58.4. The first-order valence-corrected chi connectivity index (χ1v) is 9.77.